The van der Waals surface area contributed by atoms with E-state index in [-0.39, 0.29) is 42.3 Å². The van der Waals surface area contributed by atoms with Gasteiger partial charge < -0.3 is 20.4 Å². The highest BCUT2D eigenvalue weighted by atomic mass is 32.1. The first-order chi connectivity index (χ1) is 15.3. The lowest BCUT2D eigenvalue weighted by atomic mass is 10.1. The molecule has 1 atom stereocenters. The maximum absolute atomic E-state index is 13.5. The zero-order valence-corrected chi connectivity index (χ0v) is 18.8. The van der Waals surface area contributed by atoms with Gasteiger partial charge in [-0.15, -0.1) is 11.3 Å². The number of anilines is 1. The predicted octanol–water partition coefficient (Wildman–Crippen LogP) is 3.23. The lowest BCUT2D eigenvalue weighted by molar-refractivity contribution is 0.0770. The van der Waals surface area contributed by atoms with E-state index in [2.05, 4.69) is 25.6 Å². The molecule has 3 amide bonds. The Labute approximate surface area is 188 Å². The number of hydrogen-bond donors (Lipinski definition) is 2. The number of nitrogens with zero attached hydrogens (tertiary/aromatic N) is 5. The Morgan fingerprint density at radius 2 is 1.94 bits per heavy atom. The van der Waals surface area contributed by atoms with Crippen molar-refractivity contribution < 1.29 is 14.0 Å². The molecule has 0 unspecified atom stereocenters. The van der Waals surface area contributed by atoms with Crippen molar-refractivity contribution in [2.45, 2.75) is 32.9 Å². The molecule has 32 heavy (non-hydrogen) atoms. The Bertz CT molecular complexity index is 1150. The van der Waals surface area contributed by atoms with E-state index in [1.807, 2.05) is 32.2 Å². The van der Waals surface area contributed by atoms with E-state index < -0.39 is 5.82 Å². The molecule has 0 radical (unpaired) electrons. The van der Waals surface area contributed by atoms with Gasteiger partial charge in [0.25, 0.3) is 5.91 Å². The number of carbonyl (C=O) groups excluding carboxylic acids is 2. The van der Waals surface area contributed by atoms with Crippen molar-refractivity contribution in [1.82, 2.24) is 30.1 Å². The summed E-state index contributed by atoms with van der Waals surface area (Å²) in [5, 5.41) is 7.83. The molecule has 1 fully saturated rings. The number of nitrogens with one attached hydrogen (secondary N) is 2. The zero-order chi connectivity index (χ0) is 22.8. The number of hydrogen-bond acceptors (Lipinski definition) is 7. The summed E-state index contributed by atoms with van der Waals surface area (Å²) >= 11 is 1.39. The first-order valence-electron chi connectivity index (χ1n) is 10.3. The number of halogens is 1. The van der Waals surface area contributed by atoms with Crippen molar-refractivity contribution in [3.05, 3.63) is 47.0 Å². The fourth-order valence-electron chi connectivity index (χ4n) is 3.42. The van der Waals surface area contributed by atoms with Gasteiger partial charge in [-0.05, 0) is 43.8 Å². The van der Waals surface area contributed by atoms with Crippen LogP contribution in [0.2, 0.25) is 0 Å². The third-order valence-electron chi connectivity index (χ3n) is 5.05. The molecular weight excluding hydrogens is 433 g/mol. The Morgan fingerprint density at radius 3 is 2.69 bits per heavy atom. The van der Waals surface area contributed by atoms with Gasteiger partial charge in [0.2, 0.25) is 5.95 Å². The highest BCUT2D eigenvalue weighted by molar-refractivity contribution is 7.17. The van der Waals surface area contributed by atoms with E-state index in [0.29, 0.717) is 28.9 Å². The van der Waals surface area contributed by atoms with Gasteiger partial charge in [-0.1, -0.05) is 0 Å². The normalized spacial score (nSPS) is 14.8. The number of urea groups is 1. The van der Waals surface area contributed by atoms with Crippen LogP contribution < -0.4 is 10.6 Å². The van der Waals surface area contributed by atoms with E-state index >= 15 is 0 Å². The molecule has 0 saturated carbocycles. The maximum Gasteiger partial charge on any atom is 0.319 e. The van der Waals surface area contributed by atoms with Crippen LogP contribution in [0.5, 0.6) is 0 Å². The van der Waals surface area contributed by atoms with Crippen molar-refractivity contribution in [3.8, 4) is 0 Å². The van der Waals surface area contributed by atoms with Gasteiger partial charge in [-0.25, -0.2) is 19.2 Å². The van der Waals surface area contributed by atoms with Crippen LogP contribution in [0.3, 0.4) is 0 Å². The van der Waals surface area contributed by atoms with Gasteiger partial charge in [-0.3, -0.25) is 9.78 Å². The Balaban J connectivity index is 1.56. The Kier molecular flexibility index (Phi) is 6.17. The maximum atomic E-state index is 13.5. The molecule has 3 aromatic heterocycles. The summed E-state index contributed by atoms with van der Waals surface area (Å²) in [6.07, 6.45) is 2.71. The molecule has 3 aromatic rings. The van der Waals surface area contributed by atoms with Crippen LogP contribution in [0.1, 0.15) is 42.9 Å². The van der Waals surface area contributed by atoms with Crippen LogP contribution in [-0.2, 0) is 0 Å². The smallest absolute Gasteiger partial charge is 0.319 e. The fraction of sp³-hybridized carbons (Fsp3) is 0.381. The fourth-order valence-corrected chi connectivity index (χ4v) is 4.24. The first-order valence-corrected chi connectivity index (χ1v) is 11.2. The lowest BCUT2D eigenvalue weighted by Crippen LogP contribution is -2.43. The molecule has 1 aliphatic heterocycles. The standard InChI is InChI=1S/C21H24FN7O2S/c1-12(2)24-21(31)29-6-5-28(11-29)19(30)17-18-16(4-7-32-18)26-20(27-17)25-13(3)14-8-15(22)10-23-9-14/h4,7-10,12-13H,5-6,11H2,1-3H3,(H,24,31)(H,25,26,27)/t13-/m0/s1. The molecule has 0 aliphatic carbocycles. The highest BCUT2D eigenvalue weighted by Gasteiger charge is 2.30. The Hall–Kier alpha value is -3.34. The summed E-state index contributed by atoms with van der Waals surface area (Å²) in [7, 11) is 0. The summed E-state index contributed by atoms with van der Waals surface area (Å²) in [4.78, 5) is 41.6. The summed E-state index contributed by atoms with van der Waals surface area (Å²) < 4.78 is 14.2. The first kappa shape index (κ1) is 21.9. The number of aromatic nitrogens is 3. The minimum Gasteiger partial charge on any atom is -0.348 e. The molecule has 11 heteroatoms. The molecule has 2 N–H and O–H groups in total. The van der Waals surface area contributed by atoms with E-state index in [1.54, 1.807) is 16.0 Å². The quantitative estimate of drug-likeness (QED) is 0.610. The van der Waals surface area contributed by atoms with Gasteiger partial charge >= 0.3 is 6.03 Å². The molecule has 9 nitrogen and oxygen atoms in total. The molecule has 0 spiro atoms. The predicted molar refractivity (Wildman–Crippen MR) is 120 cm³/mol. The summed E-state index contributed by atoms with van der Waals surface area (Å²) in [6.45, 7) is 6.70. The molecule has 1 aliphatic rings. The van der Waals surface area contributed by atoms with Crippen LogP contribution in [0.4, 0.5) is 15.1 Å². The van der Waals surface area contributed by atoms with E-state index in [4.69, 9.17) is 0 Å². The van der Waals surface area contributed by atoms with Crippen LogP contribution in [0, 0.1) is 5.82 Å². The monoisotopic (exact) mass is 457 g/mol. The number of carbonyl (C=O) groups is 2. The average molecular weight is 458 g/mol. The number of rotatable bonds is 5. The van der Waals surface area contributed by atoms with Crippen LogP contribution in [0.15, 0.2) is 29.9 Å². The molecule has 168 valence electrons. The Morgan fingerprint density at radius 1 is 1.16 bits per heavy atom. The van der Waals surface area contributed by atoms with Crippen LogP contribution in [-0.4, -0.2) is 62.5 Å². The number of thiophene rings is 1. The van der Waals surface area contributed by atoms with Crippen molar-refractivity contribution in [2.24, 2.45) is 0 Å². The van der Waals surface area contributed by atoms with Gasteiger partial charge in [0.1, 0.15) is 5.82 Å². The summed E-state index contributed by atoms with van der Waals surface area (Å²) in [6, 6.07) is 2.72. The molecule has 1 saturated heterocycles. The largest absolute Gasteiger partial charge is 0.348 e. The third kappa shape index (κ3) is 4.62. The van der Waals surface area contributed by atoms with E-state index in [9.17, 15) is 14.0 Å². The second kappa shape index (κ2) is 9.03. The second-order valence-electron chi connectivity index (χ2n) is 7.91. The van der Waals surface area contributed by atoms with Crippen molar-refractivity contribution in [3.63, 3.8) is 0 Å². The number of amides is 3. The zero-order valence-electron chi connectivity index (χ0n) is 18.0. The average Bonchev–Trinajstić information content (AvgIpc) is 3.42. The second-order valence-corrected chi connectivity index (χ2v) is 8.83. The topological polar surface area (TPSA) is 103 Å². The molecule has 4 rings (SSSR count). The minimum absolute atomic E-state index is 0.0174. The molecule has 0 bridgehead atoms. The SMILES string of the molecule is CC(C)NC(=O)N1CCN(C(=O)c2nc(N[C@@H](C)c3cncc(F)c3)nc3ccsc23)C1. The third-order valence-corrected chi connectivity index (χ3v) is 5.96. The highest BCUT2D eigenvalue weighted by Crippen LogP contribution is 2.27. The van der Waals surface area contributed by atoms with E-state index in [0.717, 1.165) is 6.20 Å². The molecule has 0 aromatic carbocycles. The number of pyridine rings is 1. The van der Waals surface area contributed by atoms with E-state index in [1.165, 1.54) is 17.4 Å². The minimum atomic E-state index is -0.429. The van der Waals surface area contributed by atoms with Crippen LogP contribution >= 0.6 is 11.3 Å². The summed E-state index contributed by atoms with van der Waals surface area (Å²) in [5.41, 5.74) is 1.57. The van der Waals surface area contributed by atoms with Crippen molar-refractivity contribution >= 4 is 39.4 Å². The van der Waals surface area contributed by atoms with Crippen molar-refractivity contribution in [2.75, 3.05) is 25.1 Å². The molecular formula is C21H24FN7O2S. The van der Waals surface area contributed by atoms with Gasteiger partial charge in [-0.2, -0.15) is 0 Å². The van der Waals surface area contributed by atoms with Crippen LogP contribution in [0.25, 0.3) is 10.2 Å². The lowest BCUT2D eigenvalue weighted by Gasteiger charge is -2.20. The van der Waals surface area contributed by atoms with Gasteiger partial charge in [0.15, 0.2) is 5.69 Å². The van der Waals surface area contributed by atoms with Gasteiger partial charge in [0, 0.05) is 25.3 Å². The molecule has 4 heterocycles. The van der Waals surface area contributed by atoms with Gasteiger partial charge in [0.05, 0.1) is 29.1 Å². The summed E-state index contributed by atoms with van der Waals surface area (Å²) in [5.74, 6) is -0.422. The number of fused-ring (bicyclic) bond motifs is 1. The van der Waals surface area contributed by atoms with Crippen molar-refractivity contribution in [1.29, 1.82) is 0 Å².